The fourth-order valence-corrected chi connectivity index (χ4v) is 1.40. The van der Waals surface area contributed by atoms with Crippen molar-refractivity contribution in [1.29, 1.82) is 0 Å². The minimum absolute atomic E-state index is 0.536. The summed E-state index contributed by atoms with van der Waals surface area (Å²) in [6, 6.07) is 10.1. The predicted octanol–water partition coefficient (Wildman–Crippen LogP) is 2.74. The van der Waals surface area contributed by atoms with Gasteiger partial charge in [0, 0.05) is 6.54 Å². The van der Waals surface area contributed by atoms with Gasteiger partial charge in [0.05, 0.1) is 6.20 Å². The maximum absolute atomic E-state index is 5.90. The lowest BCUT2D eigenvalue weighted by Crippen LogP contribution is -2.01. The normalized spacial score (nSPS) is 9.93. The van der Waals surface area contributed by atoms with Crippen LogP contribution in [0.5, 0.6) is 0 Å². The van der Waals surface area contributed by atoms with Crippen molar-refractivity contribution in [3.05, 3.63) is 53.4 Å². The molecule has 3 nitrogen and oxygen atoms in total. The zero-order valence-corrected chi connectivity index (χ0v) is 8.78. The highest BCUT2D eigenvalue weighted by Gasteiger charge is 1.99. The number of anilines is 1. The number of hydrogen-bond acceptors (Lipinski definition) is 3. The van der Waals surface area contributed by atoms with Crippen LogP contribution in [0.15, 0.2) is 42.9 Å². The summed E-state index contributed by atoms with van der Waals surface area (Å²) in [5.41, 5.74) is 1.19. The Balaban J connectivity index is 2.03. The molecule has 1 aromatic carbocycles. The third-order valence-electron chi connectivity index (χ3n) is 1.97. The Morgan fingerprint density at radius 3 is 2.73 bits per heavy atom. The molecule has 0 fully saturated rings. The number of nitrogens with one attached hydrogen (secondary N) is 1. The summed E-state index contributed by atoms with van der Waals surface area (Å²) in [6.45, 7) is 0.706. The number of halogens is 1. The lowest BCUT2D eigenvalue weighted by molar-refractivity contribution is 1.08. The van der Waals surface area contributed by atoms with Crippen LogP contribution in [0.25, 0.3) is 0 Å². The fraction of sp³-hybridized carbons (Fsp3) is 0.0909. The second-order valence-corrected chi connectivity index (χ2v) is 3.47. The molecule has 4 heteroatoms. The lowest BCUT2D eigenvalue weighted by atomic mass is 10.2. The molecule has 0 aliphatic carbocycles. The van der Waals surface area contributed by atoms with Gasteiger partial charge < -0.3 is 5.32 Å². The summed E-state index contributed by atoms with van der Waals surface area (Å²) in [7, 11) is 0. The van der Waals surface area contributed by atoms with Crippen LogP contribution in [0.2, 0.25) is 5.02 Å². The van der Waals surface area contributed by atoms with Crippen molar-refractivity contribution in [1.82, 2.24) is 9.97 Å². The fourth-order valence-electron chi connectivity index (χ4n) is 1.22. The minimum atomic E-state index is 0.536. The molecule has 0 radical (unpaired) electrons. The Bertz CT molecular complexity index is 431. The second-order valence-electron chi connectivity index (χ2n) is 3.06. The first-order valence-corrected chi connectivity index (χ1v) is 4.97. The number of benzene rings is 1. The van der Waals surface area contributed by atoms with Gasteiger partial charge in [0.1, 0.15) is 17.2 Å². The van der Waals surface area contributed by atoms with Gasteiger partial charge >= 0.3 is 0 Å². The average molecular weight is 220 g/mol. The topological polar surface area (TPSA) is 37.8 Å². The Morgan fingerprint density at radius 2 is 2.00 bits per heavy atom. The van der Waals surface area contributed by atoms with Crippen molar-refractivity contribution < 1.29 is 0 Å². The van der Waals surface area contributed by atoms with Gasteiger partial charge in [0.2, 0.25) is 0 Å². The molecule has 0 saturated heterocycles. The van der Waals surface area contributed by atoms with Crippen LogP contribution in [-0.2, 0) is 6.54 Å². The molecule has 1 aromatic heterocycles. The first-order valence-electron chi connectivity index (χ1n) is 4.59. The molecule has 0 amide bonds. The van der Waals surface area contributed by atoms with Crippen LogP contribution in [0, 0.1) is 0 Å². The molecular formula is C11H10ClN3. The summed E-state index contributed by atoms with van der Waals surface area (Å²) in [4.78, 5) is 7.86. The highest BCUT2D eigenvalue weighted by atomic mass is 35.5. The van der Waals surface area contributed by atoms with Crippen molar-refractivity contribution >= 4 is 17.4 Å². The van der Waals surface area contributed by atoms with E-state index in [0.717, 1.165) is 0 Å². The van der Waals surface area contributed by atoms with Crippen LogP contribution in [0.4, 0.5) is 5.82 Å². The maximum atomic E-state index is 5.90. The van der Waals surface area contributed by atoms with Crippen LogP contribution in [0.1, 0.15) is 5.56 Å². The number of rotatable bonds is 3. The van der Waals surface area contributed by atoms with E-state index in [2.05, 4.69) is 15.3 Å². The van der Waals surface area contributed by atoms with Crippen LogP contribution < -0.4 is 5.32 Å². The number of hydrogen-bond donors (Lipinski definition) is 1. The van der Waals surface area contributed by atoms with Crippen LogP contribution in [0.3, 0.4) is 0 Å². The summed E-state index contributed by atoms with van der Waals surface area (Å²) in [5, 5.41) is 3.68. The van der Waals surface area contributed by atoms with Gasteiger partial charge in [-0.25, -0.2) is 9.97 Å². The van der Waals surface area contributed by atoms with E-state index in [1.807, 2.05) is 30.3 Å². The van der Waals surface area contributed by atoms with E-state index in [0.29, 0.717) is 17.4 Å². The average Bonchev–Trinajstić information content (AvgIpc) is 2.29. The monoisotopic (exact) mass is 219 g/mol. The van der Waals surface area contributed by atoms with Gasteiger partial charge in [-0.1, -0.05) is 41.9 Å². The van der Waals surface area contributed by atoms with Crippen molar-refractivity contribution in [3.63, 3.8) is 0 Å². The highest BCUT2D eigenvalue weighted by molar-refractivity contribution is 6.32. The molecule has 2 rings (SSSR count). The van der Waals surface area contributed by atoms with Gasteiger partial charge in [-0.3, -0.25) is 0 Å². The molecule has 15 heavy (non-hydrogen) atoms. The van der Waals surface area contributed by atoms with Gasteiger partial charge in [0.15, 0.2) is 0 Å². The van der Waals surface area contributed by atoms with Crippen molar-refractivity contribution in [2.75, 3.05) is 5.32 Å². The molecule has 76 valence electrons. The third-order valence-corrected chi connectivity index (χ3v) is 2.25. The molecule has 1 N–H and O–H groups in total. The zero-order valence-electron chi connectivity index (χ0n) is 8.02. The molecular weight excluding hydrogens is 210 g/mol. The van der Waals surface area contributed by atoms with E-state index < -0.39 is 0 Å². The molecule has 0 aliphatic rings. The minimum Gasteiger partial charge on any atom is -0.365 e. The quantitative estimate of drug-likeness (QED) is 0.863. The standard InChI is InChI=1S/C11H10ClN3/c12-10-7-13-8-15-11(10)14-6-9-4-2-1-3-5-9/h1-5,7-8H,6H2,(H,13,14,15). The zero-order chi connectivity index (χ0) is 10.5. The molecule has 0 atom stereocenters. The number of nitrogens with zero attached hydrogens (tertiary/aromatic N) is 2. The molecule has 0 unspecified atom stereocenters. The van der Waals surface area contributed by atoms with E-state index >= 15 is 0 Å². The van der Waals surface area contributed by atoms with Crippen LogP contribution in [-0.4, -0.2) is 9.97 Å². The smallest absolute Gasteiger partial charge is 0.148 e. The largest absolute Gasteiger partial charge is 0.365 e. The van der Waals surface area contributed by atoms with Gasteiger partial charge in [-0.05, 0) is 5.56 Å². The summed E-state index contributed by atoms with van der Waals surface area (Å²) < 4.78 is 0. The van der Waals surface area contributed by atoms with E-state index in [1.165, 1.54) is 11.9 Å². The second kappa shape index (κ2) is 4.75. The Morgan fingerprint density at radius 1 is 1.20 bits per heavy atom. The van der Waals surface area contributed by atoms with Gasteiger partial charge in [-0.2, -0.15) is 0 Å². The van der Waals surface area contributed by atoms with E-state index in [1.54, 1.807) is 6.20 Å². The Labute approximate surface area is 93.1 Å². The van der Waals surface area contributed by atoms with Gasteiger partial charge in [-0.15, -0.1) is 0 Å². The first kappa shape index (κ1) is 9.93. The molecule has 0 spiro atoms. The molecule has 2 aromatic rings. The van der Waals surface area contributed by atoms with Crippen molar-refractivity contribution in [2.24, 2.45) is 0 Å². The maximum Gasteiger partial charge on any atom is 0.148 e. The molecule has 0 saturated carbocycles. The van der Waals surface area contributed by atoms with Crippen molar-refractivity contribution in [3.8, 4) is 0 Å². The summed E-state index contributed by atoms with van der Waals surface area (Å²) in [5.74, 6) is 0.663. The highest BCUT2D eigenvalue weighted by Crippen LogP contribution is 2.16. The molecule has 1 heterocycles. The van der Waals surface area contributed by atoms with E-state index in [-0.39, 0.29) is 0 Å². The van der Waals surface area contributed by atoms with E-state index in [9.17, 15) is 0 Å². The van der Waals surface area contributed by atoms with Gasteiger partial charge in [0.25, 0.3) is 0 Å². The Kier molecular flexibility index (Phi) is 3.15. The lowest BCUT2D eigenvalue weighted by Gasteiger charge is -2.06. The SMILES string of the molecule is Clc1cncnc1NCc1ccccc1. The summed E-state index contributed by atoms with van der Waals surface area (Å²) in [6.07, 6.45) is 3.04. The summed E-state index contributed by atoms with van der Waals surface area (Å²) >= 11 is 5.90. The number of aromatic nitrogens is 2. The van der Waals surface area contributed by atoms with Crippen molar-refractivity contribution in [2.45, 2.75) is 6.54 Å². The Hall–Kier alpha value is -1.61. The first-order chi connectivity index (χ1) is 7.36. The van der Waals surface area contributed by atoms with E-state index in [4.69, 9.17) is 11.6 Å². The van der Waals surface area contributed by atoms with Crippen LogP contribution >= 0.6 is 11.6 Å². The predicted molar refractivity (Wildman–Crippen MR) is 60.8 cm³/mol. The third kappa shape index (κ3) is 2.67. The molecule has 0 bridgehead atoms. The molecule has 0 aliphatic heterocycles.